The van der Waals surface area contributed by atoms with Crippen molar-refractivity contribution in [1.29, 1.82) is 0 Å². The number of carbonyl (C=O) groups excluding carboxylic acids is 1. The summed E-state index contributed by atoms with van der Waals surface area (Å²) in [6, 6.07) is 0. The Balaban J connectivity index is 1.36. The number of ether oxygens (including phenoxy) is 1. The Morgan fingerprint density at radius 2 is 1.82 bits per heavy atom. The lowest BCUT2D eigenvalue weighted by molar-refractivity contribution is -0.136. The second kappa shape index (κ2) is 7.03. The highest BCUT2D eigenvalue weighted by atomic mass is 16.5. The molecule has 0 unspecified atom stereocenters. The van der Waals surface area contributed by atoms with Crippen LogP contribution in [0.25, 0.3) is 0 Å². The molecular formula is C21H28N4O3. The average molecular weight is 384 g/mol. The molecule has 0 saturated carbocycles. The van der Waals surface area contributed by atoms with Crippen LogP contribution in [-0.2, 0) is 21.4 Å². The Morgan fingerprint density at radius 3 is 2.54 bits per heavy atom. The molecule has 2 fully saturated rings. The van der Waals surface area contributed by atoms with Crippen LogP contribution in [0.5, 0.6) is 0 Å². The Kier molecular flexibility index (Phi) is 4.50. The molecule has 1 spiro atoms. The predicted molar refractivity (Wildman–Crippen MR) is 106 cm³/mol. The topological polar surface area (TPSA) is 78.5 Å². The number of aromatic nitrogens is 2. The number of hydrogen-bond donors (Lipinski definition) is 1. The van der Waals surface area contributed by atoms with E-state index in [0.29, 0.717) is 25.1 Å². The van der Waals surface area contributed by atoms with E-state index in [1.807, 2.05) is 4.90 Å². The largest absolute Gasteiger partial charge is 0.378 e. The second-order valence-electron chi connectivity index (χ2n) is 8.56. The van der Waals surface area contributed by atoms with Gasteiger partial charge in [-0.25, -0.2) is 4.98 Å². The van der Waals surface area contributed by atoms with Gasteiger partial charge in [-0.05, 0) is 38.5 Å². The van der Waals surface area contributed by atoms with Gasteiger partial charge in [-0.1, -0.05) is 12.2 Å². The number of aromatic amines is 1. The summed E-state index contributed by atoms with van der Waals surface area (Å²) in [4.78, 5) is 37.6. The predicted octanol–water partition coefficient (Wildman–Crippen LogP) is 1.38. The fourth-order valence-corrected chi connectivity index (χ4v) is 5.28. The van der Waals surface area contributed by atoms with Crippen LogP contribution in [0.1, 0.15) is 43.4 Å². The summed E-state index contributed by atoms with van der Waals surface area (Å²) in [6.07, 6.45) is 9.57. The third-order valence-electron chi connectivity index (χ3n) is 7.06. The number of nitrogens with one attached hydrogen (secondary N) is 1. The first-order valence-electron chi connectivity index (χ1n) is 10.6. The highest BCUT2D eigenvalue weighted by Gasteiger charge is 2.45. The Morgan fingerprint density at radius 1 is 1.11 bits per heavy atom. The summed E-state index contributed by atoms with van der Waals surface area (Å²) >= 11 is 0. The zero-order chi connectivity index (χ0) is 19.1. The maximum atomic E-state index is 12.8. The summed E-state index contributed by atoms with van der Waals surface area (Å²) < 4.78 is 5.43. The van der Waals surface area contributed by atoms with E-state index in [2.05, 4.69) is 22.0 Å². The molecule has 4 aliphatic rings. The standard InChI is InChI=1S/C21H28N4O3/c26-18-16-5-6-21(17(16)22-20(23-18)25-11-13-28-14-12-25)7-9-24(10-8-21)19(27)15-3-1-2-4-15/h1-2,15H,3-14H2,(H,22,23,26). The van der Waals surface area contributed by atoms with E-state index >= 15 is 0 Å². The van der Waals surface area contributed by atoms with Gasteiger partial charge in [0.25, 0.3) is 5.56 Å². The molecule has 2 aliphatic carbocycles. The molecule has 28 heavy (non-hydrogen) atoms. The van der Waals surface area contributed by atoms with E-state index in [9.17, 15) is 9.59 Å². The smallest absolute Gasteiger partial charge is 0.255 e. The first-order valence-corrected chi connectivity index (χ1v) is 10.6. The van der Waals surface area contributed by atoms with E-state index in [1.54, 1.807) is 0 Å². The van der Waals surface area contributed by atoms with Gasteiger partial charge in [0.05, 0.1) is 18.9 Å². The number of piperidine rings is 1. The van der Waals surface area contributed by atoms with Crippen LogP contribution in [0.2, 0.25) is 0 Å². The molecule has 2 saturated heterocycles. The molecule has 1 amide bonds. The van der Waals surface area contributed by atoms with E-state index in [1.165, 1.54) is 0 Å². The second-order valence-corrected chi connectivity index (χ2v) is 8.56. The fourth-order valence-electron chi connectivity index (χ4n) is 5.28. The molecule has 1 aromatic heterocycles. The van der Waals surface area contributed by atoms with Gasteiger partial charge in [0.1, 0.15) is 0 Å². The monoisotopic (exact) mass is 384 g/mol. The molecule has 7 nitrogen and oxygen atoms in total. The molecule has 0 radical (unpaired) electrons. The lowest BCUT2D eigenvalue weighted by atomic mass is 9.76. The first kappa shape index (κ1) is 17.9. The van der Waals surface area contributed by atoms with E-state index in [4.69, 9.17) is 9.72 Å². The van der Waals surface area contributed by atoms with Gasteiger partial charge >= 0.3 is 0 Å². The lowest BCUT2D eigenvalue weighted by Crippen LogP contribution is -2.46. The minimum absolute atomic E-state index is 0.0129. The van der Waals surface area contributed by atoms with E-state index in [0.717, 1.165) is 76.0 Å². The molecule has 2 aliphatic heterocycles. The maximum Gasteiger partial charge on any atom is 0.255 e. The average Bonchev–Trinajstić information content (AvgIpc) is 3.38. The van der Waals surface area contributed by atoms with Crippen molar-refractivity contribution in [1.82, 2.24) is 14.9 Å². The van der Waals surface area contributed by atoms with Crippen molar-refractivity contribution in [3.8, 4) is 0 Å². The number of hydrogen-bond acceptors (Lipinski definition) is 5. The van der Waals surface area contributed by atoms with Gasteiger partial charge in [0.2, 0.25) is 11.9 Å². The number of rotatable bonds is 2. The number of nitrogens with zero attached hydrogens (tertiary/aromatic N) is 3. The van der Waals surface area contributed by atoms with Crippen molar-refractivity contribution < 1.29 is 9.53 Å². The minimum atomic E-state index is -0.0463. The van der Waals surface area contributed by atoms with Crippen molar-refractivity contribution in [2.24, 2.45) is 5.92 Å². The summed E-state index contributed by atoms with van der Waals surface area (Å²) in [7, 11) is 0. The normalized spacial score (nSPS) is 24.1. The van der Waals surface area contributed by atoms with Crippen molar-refractivity contribution in [2.75, 3.05) is 44.3 Å². The SMILES string of the molecule is O=C(C1CC=CC1)N1CCC2(CCc3c2nc(N2CCOCC2)[nH]c3=O)CC1. The number of amides is 1. The lowest BCUT2D eigenvalue weighted by Gasteiger charge is -2.40. The maximum absolute atomic E-state index is 12.8. The number of likely N-dealkylation sites (tertiary alicyclic amines) is 1. The Labute approximate surface area is 164 Å². The summed E-state index contributed by atoms with van der Waals surface area (Å²) in [5.41, 5.74) is 1.82. The fraction of sp³-hybridized carbons (Fsp3) is 0.667. The number of carbonyl (C=O) groups is 1. The molecule has 150 valence electrons. The molecule has 7 heteroatoms. The summed E-state index contributed by atoms with van der Waals surface area (Å²) in [5, 5.41) is 0. The van der Waals surface area contributed by atoms with Crippen LogP contribution >= 0.6 is 0 Å². The van der Waals surface area contributed by atoms with Crippen LogP contribution in [0.4, 0.5) is 5.95 Å². The summed E-state index contributed by atoms with van der Waals surface area (Å²) in [5.74, 6) is 1.12. The van der Waals surface area contributed by atoms with Gasteiger partial charge in [0, 0.05) is 43.1 Å². The molecule has 1 N–H and O–H groups in total. The van der Waals surface area contributed by atoms with E-state index < -0.39 is 0 Å². The zero-order valence-corrected chi connectivity index (χ0v) is 16.3. The van der Waals surface area contributed by atoms with Crippen LogP contribution in [0.15, 0.2) is 16.9 Å². The highest BCUT2D eigenvalue weighted by Crippen LogP contribution is 2.45. The molecular weight excluding hydrogens is 356 g/mol. The van der Waals surface area contributed by atoms with Gasteiger partial charge in [-0.2, -0.15) is 0 Å². The van der Waals surface area contributed by atoms with Crippen LogP contribution in [-0.4, -0.2) is 60.2 Å². The third kappa shape index (κ3) is 2.96. The van der Waals surface area contributed by atoms with Gasteiger partial charge in [-0.15, -0.1) is 0 Å². The van der Waals surface area contributed by atoms with Crippen molar-refractivity contribution in [3.63, 3.8) is 0 Å². The third-order valence-corrected chi connectivity index (χ3v) is 7.06. The van der Waals surface area contributed by atoms with E-state index in [-0.39, 0.29) is 16.9 Å². The molecule has 0 atom stereocenters. The minimum Gasteiger partial charge on any atom is -0.378 e. The Bertz CT molecular complexity index is 840. The van der Waals surface area contributed by atoms with Gasteiger partial charge in [0.15, 0.2) is 0 Å². The van der Waals surface area contributed by atoms with Crippen molar-refractivity contribution >= 4 is 11.9 Å². The quantitative estimate of drug-likeness (QED) is 0.780. The van der Waals surface area contributed by atoms with Crippen molar-refractivity contribution in [3.05, 3.63) is 33.8 Å². The zero-order valence-electron chi connectivity index (χ0n) is 16.3. The van der Waals surface area contributed by atoms with Gasteiger partial charge < -0.3 is 14.5 Å². The van der Waals surface area contributed by atoms with Crippen molar-refractivity contribution in [2.45, 2.75) is 43.9 Å². The molecule has 0 bridgehead atoms. The Hall–Kier alpha value is -2.15. The van der Waals surface area contributed by atoms with Gasteiger partial charge in [-0.3, -0.25) is 14.6 Å². The molecule has 5 rings (SSSR count). The molecule has 1 aromatic rings. The van der Waals surface area contributed by atoms with Crippen LogP contribution < -0.4 is 10.5 Å². The number of H-pyrrole nitrogens is 1. The number of fused-ring (bicyclic) bond motifs is 2. The van der Waals surface area contributed by atoms with Crippen LogP contribution in [0.3, 0.4) is 0 Å². The summed E-state index contributed by atoms with van der Waals surface area (Å²) in [6.45, 7) is 4.39. The first-order chi connectivity index (χ1) is 13.7. The molecule has 3 heterocycles. The molecule has 0 aromatic carbocycles. The number of morpholine rings is 1. The highest BCUT2D eigenvalue weighted by molar-refractivity contribution is 5.79. The number of anilines is 1. The van der Waals surface area contributed by atoms with Crippen LogP contribution in [0, 0.1) is 5.92 Å². The number of allylic oxidation sites excluding steroid dienone is 2.